The van der Waals surface area contributed by atoms with Crippen LogP contribution in [-0.2, 0) is 9.59 Å². The smallest absolute Gasteiger partial charge is 0.240 e. The number of hydrogen-bond donors (Lipinski definition) is 2. The number of hydrogen-bond acceptors (Lipinski definition) is 3. The molecular weight excluding hydrogens is 242 g/mol. The van der Waals surface area contributed by atoms with Crippen LogP contribution in [0.15, 0.2) is 0 Å². The minimum absolute atomic E-state index is 0. The molecule has 0 aromatic rings. The Kier molecular flexibility index (Phi) is 7.15. The van der Waals surface area contributed by atoms with Crippen LogP contribution in [0.5, 0.6) is 0 Å². The number of nitrogens with two attached hydrogens (primary N) is 2. The van der Waals surface area contributed by atoms with Crippen LogP contribution in [-0.4, -0.2) is 35.3 Å². The standard InChI is InChI=1S/C11H21N3O2.ClH/c1-2-5-8(12)11(16)14-7-4-3-6-9(14)10(13)15;/h8-9H,2-7,12H2,1H3,(H2,13,15);1H. The first-order valence-corrected chi connectivity index (χ1v) is 5.93. The number of carbonyl (C=O) groups excluding carboxylic acids is 2. The predicted octanol–water partition coefficient (Wildman–Crippen LogP) is 0.402. The van der Waals surface area contributed by atoms with Gasteiger partial charge in [0.15, 0.2) is 0 Å². The topological polar surface area (TPSA) is 89.4 Å². The highest BCUT2D eigenvalue weighted by Gasteiger charge is 2.32. The van der Waals surface area contributed by atoms with Gasteiger partial charge in [0.05, 0.1) is 6.04 Å². The van der Waals surface area contributed by atoms with Crippen LogP contribution in [0.25, 0.3) is 0 Å². The molecule has 0 spiro atoms. The number of rotatable bonds is 4. The van der Waals surface area contributed by atoms with Crippen molar-refractivity contribution in [1.29, 1.82) is 0 Å². The summed E-state index contributed by atoms with van der Waals surface area (Å²) in [5.41, 5.74) is 11.1. The number of amides is 2. The predicted molar refractivity (Wildman–Crippen MR) is 68.7 cm³/mol. The van der Waals surface area contributed by atoms with Crippen LogP contribution in [0.3, 0.4) is 0 Å². The summed E-state index contributed by atoms with van der Waals surface area (Å²) in [6.07, 6.45) is 4.05. The van der Waals surface area contributed by atoms with Crippen LogP contribution >= 0.6 is 12.4 Å². The summed E-state index contributed by atoms with van der Waals surface area (Å²) in [7, 11) is 0. The average molecular weight is 264 g/mol. The van der Waals surface area contributed by atoms with Crippen molar-refractivity contribution in [2.24, 2.45) is 11.5 Å². The first-order chi connectivity index (χ1) is 7.57. The molecule has 0 bridgehead atoms. The number of primary amides is 1. The van der Waals surface area contributed by atoms with Crippen LogP contribution in [0.1, 0.15) is 39.0 Å². The summed E-state index contributed by atoms with van der Waals surface area (Å²) in [4.78, 5) is 24.8. The third-order valence-corrected chi connectivity index (χ3v) is 3.03. The quantitative estimate of drug-likeness (QED) is 0.769. The molecular formula is C11H22ClN3O2. The van der Waals surface area contributed by atoms with E-state index in [-0.39, 0.29) is 18.3 Å². The van der Waals surface area contributed by atoms with Gasteiger partial charge in [-0.05, 0) is 25.7 Å². The summed E-state index contributed by atoms with van der Waals surface area (Å²) in [5, 5.41) is 0. The summed E-state index contributed by atoms with van der Waals surface area (Å²) in [6.45, 7) is 2.58. The SMILES string of the molecule is CCCC(N)C(=O)N1CCCCC1C(N)=O.Cl. The summed E-state index contributed by atoms with van der Waals surface area (Å²) >= 11 is 0. The molecule has 1 fully saturated rings. The fraction of sp³-hybridized carbons (Fsp3) is 0.818. The Balaban J connectivity index is 0.00000256. The molecule has 1 aliphatic rings. The Hall–Kier alpha value is -0.810. The van der Waals surface area contributed by atoms with Crippen molar-refractivity contribution in [2.45, 2.75) is 51.1 Å². The van der Waals surface area contributed by atoms with Gasteiger partial charge >= 0.3 is 0 Å². The fourth-order valence-corrected chi connectivity index (χ4v) is 2.14. The van der Waals surface area contributed by atoms with Crippen molar-refractivity contribution >= 4 is 24.2 Å². The second kappa shape index (κ2) is 7.50. The first-order valence-electron chi connectivity index (χ1n) is 5.93. The highest BCUT2D eigenvalue weighted by molar-refractivity contribution is 5.89. The highest BCUT2D eigenvalue weighted by Crippen LogP contribution is 2.18. The number of piperidine rings is 1. The molecule has 0 saturated carbocycles. The summed E-state index contributed by atoms with van der Waals surface area (Å²) in [5.74, 6) is -0.554. The zero-order valence-corrected chi connectivity index (χ0v) is 11.0. The van der Waals surface area contributed by atoms with Gasteiger partial charge in [0, 0.05) is 6.54 Å². The molecule has 100 valence electrons. The molecule has 2 atom stereocenters. The lowest BCUT2D eigenvalue weighted by Crippen LogP contribution is -2.55. The van der Waals surface area contributed by atoms with Gasteiger partial charge in [-0.3, -0.25) is 9.59 Å². The molecule has 5 nitrogen and oxygen atoms in total. The van der Waals surface area contributed by atoms with E-state index in [1.165, 1.54) is 0 Å². The maximum absolute atomic E-state index is 12.0. The molecule has 0 aliphatic carbocycles. The fourth-order valence-electron chi connectivity index (χ4n) is 2.14. The highest BCUT2D eigenvalue weighted by atomic mass is 35.5. The van der Waals surface area contributed by atoms with Crippen molar-refractivity contribution in [1.82, 2.24) is 4.90 Å². The van der Waals surface area contributed by atoms with E-state index in [4.69, 9.17) is 11.5 Å². The van der Waals surface area contributed by atoms with Gasteiger partial charge in [0.1, 0.15) is 6.04 Å². The molecule has 2 unspecified atom stereocenters. The van der Waals surface area contributed by atoms with E-state index in [0.717, 1.165) is 19.3 Å². The first kappa shape index (κ1) is 16.2. The Morgan fingerprint density at radius 2 is 2.06 bits per heavy atom. The molecule has 0 radical (unpaired) electrons. The van der Waals surface area contributed by atoms with Gasteiger partial charge in [-0.1, -0.05) is 13.3 Å². The normalized spacial score (nSPS) is 21.5. The third kappa shape index (κ3) is 4.16. The molecule has 0 aromatic carbocycles. The van der Waals surface area contributed by atoms with Gasteiger partial charge in [0.2, 0.25) is 11.8 Å². The Morgan fingerprint density at radius 1 is 1.41 bits per heavy atom. The molecule has 2 amide bonds. The monoisotopic (exact) mass is 263 g/mol. The lowest BCUT2D eigenvalue weighted by atomic mass is 10.00. The van der Waals surface area contributed by atoms with E-state index in [0.29, 0.717) is 19.4 Å². The van der Waals surface area contributed by atoms with Crippen LogP contribution in [0, 0.1) is 0 Å². The number of likely N-dealkylation sites (tertiary alicyclic amines) is 1. The van der Waals surface area contributed by atoms with E-state index in [1.54, 1.807) is 4.90 Å². The van der Waals surface area contributed by atoms with Crippen LogP contribution < -0.4 is 11.5 Å². The zero-order valence-electron chi connectivity index (χ0n) is 10.2. The molecule has 1 heterocycles. The van der Waals surface area contributed by atoms with Crippen molar-refractivity contribution in [3.05, 3.63) is 0 Å². The maximum atomic E-state index is 12.0. The molecule has 1 saturated heterocycles. The Morgan fingerprint density at radius 3 is 2.59 bits per heavy atom. The van der Waals surface area contributed by atoms with E-state index in [2.05, 4.69) is 0 Å². The van der Waals surface area contributed by atoms with E-state index < -0.39 is 18.0 Å². The Labute approximate surface area is 108 Å². The summed E-state index contributed by atoms with van der Waals surface area (Å²) in [6, 6.07) is -0.950. The number of nitrogens with zero attached hydrogens (tertiary/aromatic N) is 1. The molecule has 17 heavy (non-hydrogen) atoms. The van der Waals surface area contributed by atoms with E-state index in [9.17, 15) is 9.59 Å². The summed E-state index contributed by atoms with van der Waals surface area (Å²) < 4.78 is 0. The molecule has 4 N–H and O–H groups in total. The minimum Gasteiger partial charge on any atom is -0.368 e. The molecule has 0 aromatic heterocycles. The van der Waals surface area contributed by atoms with Crippen molar-refractivity contribution in [2.75, 3.05) is 6.54 Å². The van der Waals surface area contributed by atoms with Gasteiger partial charge < -0.3 is 16.4 Å². The Bertz CT molecular complexity index is 273. The van der Waals surface area contributed by atoms with Crippen molar-refractivity contribution in [3.8, 4) is 0 Å². The van der Waals surface area contributed by atoms with Gasteiger partial charge in [0.25, 0.3) is 0 Å². The molecule has 1 aliphatic heterocycles. The van der Waals surface area contributed by atoms with Gasteiger partial charge in [-0.15, -0.1) is 12.4 Å². The van der Waals surface area contributed by atoms with Gasteiger partial charge in [-0.2, -0.15) is 0 Å². The van der Waals surface area contributed by atoms with Gasteiger partial charge in [-0.25, -0.2) is 0 Å². The van der Waals surface area contributed by atoms with Crippen molar-refractivity contribution < 1.29 is 9.59 Å². The lowest BCUT2D eigenvalue weighted by Gasteiger charge is -2.35. The second-order valence-electron chi connectivity index (χ2n) is 4.34. The van der Waals surface area contributed by atoms with E-state index in [1.807, 2.05) is 6.92 Å². The largest absolute Gasteiger partial charge is 0.368 e. The second-order valence-corrected chi connectivity index (χ2v) is 4.34. The molecule has 6 heteroatoms. The number of halogens is 1. The minimum atomic E-state index is -0.495. The van der Waals surface area contributed by atoms with Crippen LogP contribution in [0.4, 0.5) is 0 Å². The average Bonchev–Trinajstić information content (AvgIpc) is 2.28. The van der Waals surface area contributed by atoms with E-state index >= 15 is 0 Å². The third-order valence-electron chi connectivity index (χ3n) is 3.03. The van der Waals surface area contributed by atoms with Crippen molar-refractivity contribution in [3.63, 3.8) is 0 Å². The maximum Gasteiger partial charge on any atom is 0.240 e. The molecule has 1 rings (SSSR count). The number of carbonyl (C=O) groups is 2. The zero-order chi connectivity index (χ0) is 12.1. The van der Waals surface area contributed by atoms with Crippen LogP contribution in [0.2, 0.25) is 0 Å². The lowest BCUT2D eigenvalue weighted by molar-refractivity contribution is -0.142.